The predicted octanol–water partition coefficient (Wildman–Crippen LogP) is 0.917. The van der Waals surface area contributed by atoms with Crippen LogP contribution >= 0.6 is 0 Å². The zero-order valence-electron chi connectivity index (χ0n) is 6.52. The summed E-state index contributed by atoms with van der Waals surface area (Å²) in [6.45, 7) is 4.10. The third kappa shape index (κ3) is 0.956. The summed E-state index contributed by atoms with van der Waals surface area (Å²) in [6, 6.07) is 0. The Labute approximate surface area is 61.9 Å². The number of ether oxygens (including phenoxy) is 1. The van der Waals surface area contributed by atoms with Gasteiger partial charge in [0.15, 0.2) is 0 Å². The normalized spacial score (nSPS) is 37.5. The predicted molar refractivity (Wildman–Crippen MR) is 40.0 cm³/mol. The largest absolute Gasteiger partial charge is 0.375 e. The van der Waals surface area contributed by atoms with Gasteiger partial charge in [0, 0.05) is 12.1 Å². The molecule has 2 nitrogen and oxygen atoms in total. The SMILES string of the molecule is C[C@H]1CNC2(CCC2)CO1. The Morgan fingerprint density at radius 3 is 2.70 bits per heavy atom. The fourth-order valence-corrected chi connectivity index (χ4v) is 1.70. The van der Waals surface area contributed by atoms with Gasteiger partial charge in [-0.25, -0.2) is 0 Å². The Kier molecular flexibility index (Phi) is 1.46. The summed E-state index contributed by atoms with van der Waals surface area (Å²) in [5, 5.41) is 3.56. The van der Waals surface area contributed by atoms with Gasteiger partial charge >= 0.3 is 0 Å². The van der Waals surface area contributed by atoms with E-state index in [1.54, 1.807) is 0 Å². The van der Waals surface area contributed by atoms with Crippen molar-refractivity contribution in [3.63, 3.8) is 0 Å². The minimum atomic E-state index is 0.409. The van der Waals surface area contributed by atoms with E-state index < -0.39 is 0 Å². The smallest absolute Gasteiger partial charge is 0.0672 e. The summed E-state index contributed by atoms with van der Waals surface area (Å²) in [7, 11) is 0. The second-order valence-corrected chi connectivity index (χ2v) is 3.64. The lowest BCUT2D eigenvalue weighted by Gasteiger charge is -2.46. The van der Waals surface area contributed by atoms with Gasteiger partial charge in [-0.15, -0.1) is 0 Å². The minimum absolute atomic E-state index is 0.409. The Hall–Kier alpha value is -0.0800. The van der Waals surface area contributed by atoms with Crippen LogP contribution in [0.25, 0.3) is 0 Å². The summed E-state index contributed by atoms with van der Waals surface area (Å²) in [4.78, 5) is 0. The fourth-order valence-electron chi connectivity index (χ4n) is 1.70. The van der Waals surface area contributed by atoms with E-state index in [2.05, 4.69) is 12.2 Å². The topological polar surface area (TPSA) is 21.3 Å². The maximum absolute atomic E-state index is 5.57. The molecule has 1 aliphatic carbocycles. The summed E-state index contributed by atoms with van der Waals surface area (Å²) < 4.78 is 5.57. The lowest BCUT2D eigenvalue weighted by atomic mass is 9.76. The van der Waals surface area contributed by atoms with Crippen LogP contribution in [0, 0.1) is 0 Å². The molecule has 58 valence electrons. The first-order valence-corrected chi connectivity index (χ1v) is 4.17. The van der Waals surface area contributed by atoms with E-state index in [4.69, 9.17) is 4.74 Å². The highest BCUT2D eigenvalue weighted by atomic mass is 16.5. The molecular weight excluding hydrogens is 126 g/mol. The van der Waals surface area contributed by atoms with E-state index >= 15 is 0 Å². The van der Waals surface area contributed by atoms with Crippen molar-refractivity contribution in [1.29, 1.82) is 0 Å². The Morgan fingerprint density at radius 1 is 1.50 bits per heavy atom. The Bertz CT molecular complexity index is 121. The van der Waals surface area contributed by atoms with Crippen LogP contribution in [-0.2, 0) is 4.74 Å². The van der Waals surface area contributed by atoms with Crippen LogP contribution in [0.2, 0.25) is 0 Å². The van der Waals surface area contributed by atoms with Crippen LogP contribution in [0.5, 0.6) is 0 Å². The summed E-state index contributed by atoms with van der Waals surface area (Å²) in [5.41, 5.74) is 0.409. The third-order valence-corrected chi connectivity index (χ3v) is 2.72. The molecule has 1 heterocycles. The molecular formula is C8H15NO. The first-order valence-electron chi connectivity index (χ1n) is 4.17. The Balaban J connectivity index is 1.90. The Morgan fingerprint density at radius 2 is 2.30 bits per heavy atom. The minimum Gasteiger partial charge on any atom is -0.375 e. The van der Waals surface area contributed by atoms with E-state index in [1.165, 1.54) is 19.3 Å². The molecule has 0 aromatic carbocycles. The number of morpholine rings is 1. The van der Waals surface area contributed by atoms with E-state index in [0.717, 1.165) is 13.2 Å². The maximum atomic E-state index is 5.57. The van der Waals surface area contributed by atoms with Gasteiger partial charge in [-0.3, -0.25) is 0 Å². The summed E-state index contributed by atoms with van der Waals surface area (Å²) >= 11 is 0. The molecule has 2 rings (SSSR count). The van der Waals surface area contributed by atoms with Crippen LogP contribution in [0.1, 0.15) is 26.2 Å². The average molecular weight is 141 g/mol. The number of nitrogens with one attached hydrogen (secondary N) is 1. The van der Waals surface area contributed by atoms with E-state index in [-0.39, 0.29) is 0 Å². The molecule has 2 aliphatic rings. The number of hydrogen-bond donors (Lipinski definition) is 1. The highest BCUT2D eigenvalue weighted by Crippen LogP contribution is 2.33. The van der Waals surface area contributed by atoms with Crippen LogP contribution in [0.3, 0.4) is 0 Å². The number of rotatable bonds is 0. The van der Waals surface area contributed by atoms with Gasteiger partial charge in [0.05, 0.1) is 12.7 Å². The molecule has 1 saturated carbocycles. The quantitative estimate of drug-likeness (QED) is 0.541. The standard InChI is InChI=1S/C8H15NO/c1-7-5-9-8(6-10-7)3-2-4-8/h7,9H,2-6H2,1H3/t7-/m0/s1. The molecule has 0 aromatic rings. The fraction of sp³-hybridized carbons (Fsp3) is 1.00. The highest BCUT2D eigenvalue weighted by Gasteiger charge is 2.39. The monoisotopic (exact) mass is 141 g/mol. The van der Waals surface area contributed by atoms with Crippen molar-refractivity contribution in [2.75, 3.05) is 13.2 Å². The van der Waals surface area contributed by atoms with E-state index in [9.17, 15) is 0 Å². The lowest BCUT2D eigenvalue weighted by Crippen LogP contribution is -2.60. The van der Waals surface area contributed by atoms with Crippen molar-refractivity contribution < 1.29 is 4.74 Å². The molecule has 0 unspecified atom stereocenters. The van der Waals surface area contributed by atoms with Gasteiger partial charge in [0.25, 0.3) is 0 Å². The van der Waals surface area contributed by atoms with Crippen LogP contribution in [-0.4, -0.2) is 24.8 Å². The molecule has 1 atom stereocenters. The third-order valence-electron chi connectivity index (χ3n) is 2.72. The van der Waals surface area contributed by atoms with Gasteiger partial charge in [-0.1, -0.05) is 0 Å². The molecule has 1 spiro atoms. The second kappa shape index (κ2) is 2.21. The maximum Gasteiger partial charge on any atom is 0.0672 e. The van der Waals surface area contributed by atoms with Gasteiger partial charge < -0.3 is 10.1 Å². The first kappa shape index (κ1) is 6.62. The van der Waals surface area contributed by atoms with Crippen molar-refractivity contribution in [3.8, 4) is 0 Å². The van der Waals surface area contributed by atoms with E-state index in [0.29, 0.717) is 11.6 Å². The van der Waals surface area contributed by atoms with Crippen molar-refractivity contribution in [2.24, 2.45) is 0 Å². The average Bonchev–Trinajstić information content (AvgIpc) is 1.86. The molecule has 0 amide bonds. The highest BCUT2D eigenvalue weighted by molar-refractivity contribution is 4.98. The van der Waals surface area contributed by atoms with Crippen molar-refractivity contribution in [2.45, 2.75) is 37.8 Å². The molecule has 1 aliphatic heterocycles. The molecule has 10 heavy (non-hydrogen) atoms. The zero-order chi connectivity index (χ0) is 7.03. The van der Waals surface area contributed by atoms with Gasteiger partial charge in [0.2, 0.25) is 0 Å². The van der Waals surface area contributed by atoms with Crippen LogP contribution < -0.4 is 5.32 Å². The second-order valence-electron chi connectivity index (χ2n) is 3.64. The van der Waals surface area contributed by atoms with Crippen molar-refractivity contribution in [1.82, 2.24) is 5.32 Å². The van der Waals surface area contributed by atoms with Gasteiger partial charge in [0.1, 0.15) is 0 Å². The molecule has 0 radical (unpaired) electrons. The molecule has 0 aromatic heterocycles. The number of hydrogen-bond acceptors (Lipinski definition) is 2. The van der Waals surface area contributed by atoms with Crippen molar-refractivity contribution >= 4 is 0 Å². The zero-order valence-corrected chi connectivity index (χ0v) is 6.52. The lowest BCUT2D eigenvalue weighted by molar-refractivity contribution is -0.0524. The summed E-state index contributed by atoms with van der Waals surface area (Å²) in [6.07, 6.45) is 4.44. The van der Waals surface area contributed by atoms with Crippen LogP contribution in [0.4, 0.5) is 0 Å². The summed E-state index contributed by atoms with van der Waals surface area (Å²) in [5.74, 6) is 0. The van der Waals surface area contributed by atoms with E-state index in [1.807, 2.05) is 0 Å². The van der Waals surface area contributed by atoms with Crippen LogP contribution in [0.15, 0.2) is 0 Å². The van der Waals surface area contributed by atoms with Gasteiger partial charge in [-0.2, -0.15) is 0 Å². The molecule has 1 N–H and O–H groups in total. The molecule has 0 bridgehead atoms. The molecule has 2 fully saturated rings. The van der Waals surface area contributed by atoms with Gasteiger partial charge in [-0.05, 0) is 26.2 Å². The van der Waals surface area contributed by atoms with Crippen molar-refractivity contribution in [3.05, 3.63) is 0 Å². The molecule has 2 heteroatoms. The first-order chi connectivity index (χ1) is 4.81. The molecule has 1 saturated heterocycles.